The number of aromatic nitrogens is 3. The number of amides is 1. The molecular weight excluding hydrogens is 434 g/mol. The number of benzene rings is 1. The number of halogens is 1. The molecule has 0 fully saturated rings. The second-order valence-electron chi connectivity index (χ2n) is 6.94. The van der Waals surface area contributed by atoms with Gasteiger partial charge in [0.1, 0.15) is 11.5 Å². The Hall–Kier alpha value is -2.94. The molecule has 0 radical (unpaired) electrons. The van der Waals surface area contributed by atoms with Crippen molar-refractivity contribution in [3.8, 4) is 11.3 Å². The molecule has 9 heteroatoms. The largest absolute Gasteiger partial charge is 0.395 e. The SMILES string of the molecule is CCc1nc2ccc(C(=O)NCCO)cn2c1N(C)c1nc(-c2ccc(Cl)cc2)cs1. The van der Waals surface area contributed by atoms with Crippen molar-refractivity contribution in [3.63, 3.8) is 0 Å². The third kappa shape index (κ3) is 4.27. The number of rotatable bonds is 7. The maximum atomic E-state index is 12.4. The van der Waals surface area contributed by atoms with Gasteiger partial charge in [-0.2, -0.15) is 0 Å². The predicted molar refractivity (Wildman–Crippen MR) is 125 cm³/mol. The van der Waals surface area contributed by atoms with Crippen LogP contribution in [0.1, 0.15) is 23.0 Å². The standard InChI is InChI=1S/C22H22ClN5O2S/c1-3-17-21(28-12-15(6-9-19(28)25-17)20(30)24-10-11-29)27(2)22-26-18(13-31-22)14-4-7-16(23)8-5-14/h4-9,12-13,29H,3,10-11H2,1-2H3,(H,24,30). The first-order valence-electron chi connectivity index (χ1n) is 9.87. The molecule has 0 spiro atoms. The van der Waals surface area contributed by atoms with Crippen LogP contribution in [0.3, 0.4) is 0 Å². The van der Waals surface area contributed by atoms with Crippen molar-refractivity contribution < 1.29 is 9.90 Å². The van der Waals surface area contributed by atoms with E-state index in [9.17, 15) is 4.79 Å². The van der Waals surface area contributed by atoms with Crippen LogP contribution in [0, 0.1) is 0 Å². The molecule has 4 rings (SSSR count). The minimum atomic E-state index is -0.240. The van der Waals surface area contributed by atoms with Gasteiger partial charge in [-0.25, -0.2) is 9.97 Å². The van der Waals surface area contributed by atoms with Crippen LogP contribution in [0.4, 0.5) is 10.9 Å². The Labute approximate surface area is 189 Å². The first-order valence-corrected chi connectivity index (χ1v) is 11.1. The smallest absolute Gasteiger partial charge is 0.252 e. The summed E-state index contributed by atoms with van der Waals surface area (Å²) in [5.74, 6) is 0.627. The molecule has 1 aromatic carbocycles. The van der Waals surface area contributed by atoms with E-state index in [2.05, 4.69) is 12.2 Å². The Morgan fingerprint density at radius 2 is 2.00 bits per heavy atom. The number of nitrogens with zero attached hydrogens (tertiary/aromatic N) is 4. The summed E-state index contributed by atoms with van der Waals surface area (Å²) in [6.07, 6.45) is 2.51. The first-order chi connectivity index (χ1) is 15.0. The summed E-state index contributed by atoms with van der Waals surface area (Å²) in [6, 6.07) is 11.2. The van der Waals surface area contributed by atoms with Gasteiger partial charge in [-0.15, -0.1) is 11.3 Å². The lowest BCUT2D eigenvalue weighted by molar-refractivity contribution is 0.0944. The molecule has 0 aliphatic rings. The number of fused-ring (bicyclic) bond motifs is 1. The van der Waals surface area contributed by atoms with Crippen LogP contribution in [-0.4, -0.2) is 45.6 Å². The summed E-state index contributed by atoms with van der Waals surface area (Å²) in [6.45, 7) is 2.16. The monoisotopic (exact) mass is 455 g/mol. The van der Waals surface area contributed by atoms with E-state index in [4.69, 9.17) is 26.7 Å². The van der Waals surface area contributed by atoms with E-state index < -0.39 is 0 Å². The zero-order chi connectivity index (χ0) is 22.0. The number of nitrogens with one attached hydrogen (secondary N) is 1. The molecule has 2 N–H and O–H groups in total. The van der Waals surface area contributed by atoms with Crippen molar-refractivity contribution in [2.24, 2.45) is 0 Å². The number of pyridine rings is 1. The number of anilines is 2. The second-order valence-corrected chi connectivity index (χ2v) is 8.22. The summed E-state index contributed by atoms with van der Waals surface area (Å²) in [7, 11) is 1.95. The molecule has 0 bridgehead atoms. The van der Waals surface area contributed by atoms with Gasteiger partial charge in [0, 0.05) is 35.8 Å². The van der Waals surface area contributed by atoms with E-state index in [0.717, 1.165) is 40.0 Å². The van der Waals surface area contributed by atoms with Gasteiger partial charge in [0.2, 0.25) is 0 Å². The minimum absolute atomic E-state index is 0.104. The van der Waals surface area contributed by atoms with Gasteiger partial charge in [-0.1, -0.05) is 30.7 Å². The quantitative estimate of drug-likeness (QED) is 0.437. The summed E-state index contributed by atoms with van der Waals surface area (Å²) < 4.78 is 1.91. The lowest BCUT2D eigenvalue weighted by Crippen LogP contribution is -2.26. The molecule has 3 heterocycles. The summed E-state index contributed by atoms with van der Waals surface area (Å²) >= 11 is 7.54. The average molecular weight is 456 g/mol. The van der Waals surface area contributed by atoms with Crippen molar-refractivity contribution in [2.75, 3.05) is 25.1 Å². The molecule has 0 aliphatic heterocycles. The molecular formula is C22H22ClN5O2S. The number of hydrogen-bond acceptors (Lipinski definition) is 6. The first kappa shape index (κ1) is 21.3. The molecule has 4 aromatic rings. The molecule has 0 unspecified atom stereocenters. The van der Waals surface area contributed by atoms with Crippen LogP contribution < -0.4 is 10.2 Å². The minimum Gasteiger partial charge on any atom is -0.395 e. The number of carbonyl (C=O) groups excluding carboxylic acids is 1. The third-order valence-corrected chi connectivity index (χ3v) is 6.06. The average Bonchev–Trinajstić information content (AvgIpc) is 3.42. The van der Waals surface area contributed by atoms with E-state index in [1.54, 1.807) is 12.3 Å². The molecule has 0 saturated carbocycles. The van der Waals surface area contributed by atoms with Gasteiger partial charge in [-0.05, 0) is 30.7 Å². The Kier molecular flexibility index (Phi) is 6.22. The fourth-order valence-corrected chi connectivity index (χ4v) is 4.27. The third-order valence-electron chi connectivity index (χ3n) is 4.89. The van der Waals surface area contributed by atoms with Crippen LogP contribution in [0.5, 0.6) is 0 Å². The zero-order valence-corrected chi connectivity index (χ0v) is 18.7. The number of aryl methyl sites for hydroxylation is 1. The molecule has 0 saturated heterocycles. The highest BCUT2D eigenvalue weighted by molar-refractivity contribution is 7.14. The Balaban J connectivity index is 1.72. The predicted octanol–water partition coefficient (Wildman–Crippen LogP) is 4.16. The van der Waals surface area contributed by atoms with Gasteiger partial charge >= 0.3 is 0 Å². The molecule has 160 valence electrons. The van der Waals surface area contributed by atoms with E-state index in [0.29, 0.717) is 10.6 Å². The molecule has 1 amide bonds. The van der Waals surface area contributed by atoms with Crippen molar-refractivity contribution in [1.29, 1.82) is 0 Å². The highest BCUT2D eigenvalue weighted by Crippen LogP contribution is 2.34. The normalized spacial score (nSPS) is 11.1. The van der Waals surface area contributed by atoms with Gasteiger partial charge in [-0.3, -0.25) is 9.20 Å². The number of aliphatic hydroxyl groups excluding tert-OH is 1. The maximum Gasteiger partial charge on any atom is 0.252 e. The summed E-state index contributed by atoms with van der Waals surface area (Å²) in [5.41, 5.74) is 4.04. The highest BCUT2D eigenvalue weighted by Gasteiger charge is 2.20. The van der Waals surface area contributed by atoms with E-state index >= 15 is 0 Å². The van der Waals surface area contributed by atoms with Gasteiger partial charge in [0.25, 0.3) is 5.91 Å². The van der Waals surface area contributed by atoms with Crippen LogP contribution in [-0.2, 0) is 6.42 Å². The number of thiazole rings is 1. The lowest BCUT2D eigenvalue weighted by Gasteiger charge is -2.17. The van der Waals surface area contributed by atoms with Crippen LogP contribution in [0.25, 0.3) is 16.9 Å². The van der Waals surface area contributed by atoms with Crippen LogP contribution >= 0.6 is 22.9 Å². The Bertz CT molecular complexity index is 1220. The number of carbonyl (C=O) groups is 1. The van der Waals surface area contributed by atoms with Gasteiger partial charge in [0.15, 0.2) is 5.13 Å². The van der Waals surface area contributed by atoms with Crippen molar-refractivity contribution >= 4 is 45.4 Å². The molecule has 0 aliphatic carbocycles. The van der Waals surface area contributed by atoms with Crippen molar-refractivity contribution in [3.05, 3.63) is 64.3 Å². The van der Waals surface area contributed by atoms with E-state index in [-0.39, 0.29) is 19.1 Å². The topological polar surface area (TPSA) is 82.8 Å². The number of imidazole rings is 1. The van der Waals surface area contributed by atoms with E-state index in [1.165, 1.54) is 11.3 Å². The lowest BCUT2D eigenvalue weighted by atomic mass is 10.2. The van der Waals surface area contributed by atoms with E-state index in [1.807, 2.05) is 52.1 Å². The van der Waals surface area contributed by atoms with Crippen LogP contribution in [0.2, 0.25) is 5.02 Å². The van der Waals surface area contributed by atoms with Crippen molar-refractivity contribution in [1.82, 2.24) is 19.7 Å². The fraction of sp³-hybridized carbons (Fsp3) is 0.227. The summed E-state index contributed by atoms with van der Waals surface area (Å²) in [4.78, 5) is 23.9. The van der Waals surface area contributed by atoms with Crippen LogP contribution in [0.15, 0.2) is 48.0 Å². The zero-order valence-electron chi connectivity index (χ0n) is 17.2. The summed E-state index contributed by atoms with van der Waals surface area (Å²) in [5, 5.41) is 15.2. The molecule has 31 heavy (non-hydrogen) atoms. The van der Waals surface area contributed by atoms with Gasteiger partial charge in [0.05, 0.1) is 23.6 Å². The Morgan fingerprint density at radius 3 is 2.71 bits per heavy atom. The number of aliphatic hydroxyl groups is 1. The Morgan fingerprint density at radius 1 is 1.23 bits per heavy atom. The number of hydrogen-bond donors (Lipinski definition) is 2. The maximum absolute atomic E-state index is 12.4. The van der Waals surface area contributed by atoms with Gasteiger partial charge < -0.3 is 15.3 Å². The highest BCUT2D eigenvalue weighted by atomic mass is 35.5. The molecule has 0 atom stereocenters. The van der Waals surface area contributed by atoms with Crippen molar-refractivity contribution in [2.45, 2.75) is 13.3 Å². The molecule has 3 aromatic heterocycles. The second kappa shape index (κ2) is 9.05. The fourth-order valence-electron chi connectivity index (χ4n) is 3.34. The molecule has 7 nitrogen and oxygen atoms in total.